The minimum atomic E-state index is -0.486. The number of methoxy groups -OCH3 is 1. The normalized spacial score (nSPS) is 11.0. The van der Waals surface area contributed by atoms with E-state index < -0.39 is 5.56 Å². The molecule has 0 saturated carbocycles. The fourth-order valence-electron chi connectivity index (χ4n) is 3.47. The van der Waals surface area contributed by atoms with Crippen LogP contribution < -0.4 is 15.6 Å². The number of carbonyl (C=O) groups is 1. The highest BCUT2D eigenvalue weighted by molar-refractivity contribution is 5.94. The lowest BCUT2D eigenvalue weighted by atomic mass is 10.1. The van der Waals surface area contributed by atoms with Gasteiger partial charge in [0, 0.05) is 11.3 Å². The molecule has 0 aliphatic heterocycles. The maximum Gasteiger partial charge on any atom is 0.297 e. The molecule has 0 bridgehead atoms. The first kappa shape index (κ1) is 20.3. The lowest BCUT2D eigenvalue weighted by molar-refractivity contribution is -0.117. The summed E-state index contributed by atoms with van der Waals surface area (Å²) in [6, 6.07) is 13.0. The SMILES string of the molecule is COc1ccc(-c2nn(CC(=O)Nc3ccc(C)cc3C)c(=O)c3noc(C)c23)cc1. The molecule has 31 heavy (non-hydrogen) atoms. The fraction of sp³-hybridized carbons (Fsp3) is 0.217. The summed E-state index contributed by atoms with van der Waals surface area (Å²) in [5, 5.41) is 11.8. The van der Waals surface area contributed by atoms with Crippen LogP contribution in [0.1, 0.15) is 16.9 Å². The number of nitrogens with zero attached hydrogens (tertiary/aromatic N) is 3. The van der Waals surface area contributed by atoms with Gasteiger partial charge >= 0.3 is 0 Å². The largest absolute Gasteiger partial charge is 0.497 e. The molecule has 4 aromatic rings. The van der Waals surface area contributed by atoms with Gasteiger partial charge in [-0.2, -0.15) is 5.10 Å². The van der Waals surface area contributed by atoms with Gasteiger partial charge in [0.2, 0.25) is 5.91 Å². The van der Waals surface area contributed by atoms with Crippen molar-refractivity contribution in [3.63, 3.8) is 0 Å². The second-order valence-corrected chi connectivity index (χ2v) is 7.37. The Labute approximate surface area is 178 Å². The van der Waals surface area contributed by atoms with Crippen LogP contribution in [0.3, 0.4) is 0 Å². The van der Waals surface area contributed by atoms with Crippen molar-refractivity contribution in [3.8, 4) is 17.0 Å². The van der Waals surface area contributed by atoms with Gasteiger partial charge in [0.05, 0.1) is 12.5 Å². The number of hydrogen-bond donors (Lipinski definition) is 1. The van der Waals surface area contributed by atoms with E-state index >= 15 is 0 Å². The zero-order chi connectivity index (χ0) is 22.1. The highest BCUT2D eigenvalue weighted by atomic mass is 16.5. The number of ether oxygens (including phenoxy) is 1. The van der Waals surface area contributed by atoms with Crippen LogP contribution in [0.25, 0.3) is 22.2 Å². The third-order valence-electron chi connectivity index (χ3n) is 5.07. The van der Waals surface area contributed by atoms with Crippen molar-refractivity contribution in [3.05, 3.63) is 69.7 Å². The Kier molecular flexibility index (Phi) is 5.29. The molecule has 0 atom stereocenters. The molecule has 0 aliphatic carbocycles. The molecule has 0 spiro atoms. The second-order valence-electron chi connectivity index (χ2n) is 7.37. The minimum Gasteiger partial charge on any atom is -0.497 e. The molecule has 0 saturated heterocycles. The Morgan fingerprint density at radius 1 is 1.13 bits per heavy atom. The number of rotatable bonds is 5. The van der Waals surface area contributed by atoms with Crippen molar-refractivity contribution in [2.24, 2.45) is 0 Å². The standard InChI is InChI=1S/C23H22N4O4/c1-13-5-10-18(14(2)11-13)24-19(28)12-27-23(29)22-20(15(3)31-26-22)21(25-27)16-6-8-17(30-4)9-7-16/h5-11H,12H2,1-4H3,(H,24,28). The fourth-order valence-corrected chi connectivity index (χ4v) is 3.47. The van der Waals surface area contributed by atoms with Gasteiger partial charge in [0.1, 0.15) is 23.7 Å². The molecule has 2 aromatic carbocycles. The van der Waals surface area contributed by atoms with E-state index in [0.29, 0.717) is 28.3 Å². The van der Waals surface area contributed by atoms with Crippen molar-refractivity contribution in [2.45, 2.75) is 27.3 Å². The van der Waals surface area contributed by atoms with Gasteiger partial charge in [-0.15, -0.1) is 0 Å². The maximum absolute atomic E-state index is 12.9. The number of carbonyl (C=O) groups excluding carboxylic acids is 1. The third kappa shape index (κ3) is 3.92. The quantitative estimate of drug-likeness (QED) is 0.531. The molecule has 2 aromatic heterocycles. The molecule has 158 valence electrons. The average molecular weight is 418 g/mol. The van der Waals surface area contributed by atoms with E-state index in [1.807, 2.05) is 44.2 Å². The predicted molar refractivity (Wildman–Crippen MR) is 117 cm³/mol. The summed E-state index contributed by atoms with van der Waals surface area (Å²) in [5.74, 6) is 0.822. The van der Waals surface area contributed by atoms with Crippen LogP contribution in [0, 0.1) is 20.8 Å². The number of benzene rings is 2. The zero-order valence-corrected chi connectivity index (χ0v) is 17.7. The number of fused-ring (bicyclic) bond motifs is 1. The topological polar surface area (TPSA) is 99.2 Å². The Balaban J connectivity index is 1.73. The maximum atomic E-state index is 12.9. The van der Waals surface area contributed by atoms with Crippen LogP contribution in [0.4, 0.5) is 5.69 Å². The van der Waals surface area contributed by atoms with Crippen LogP contribution in [0.15, 0.2) is 51.8 Å². The molecule has 2 heterocycles. The molecule has 0 unspecified atom stereocenters. The van der Waals surface area contributed by atoms with E-state index in [-0.39, 0.29) is 18.0 Å². The number of anilines is 1. The third-order valence-corrected chi connectivity index (χ3v) is 5.07. The van der Waals surface area contributed by atoms with Crippen LogP contribution in [0.2, 0.25) is 0 Å². The lowest BCUT2D eigenvalue weighted by Gasteiger charge is -2.11. The minimum absolute atomic E-state index is 0.137. The molecular weight excluding hydrogens is 396 g/mol. The van der Waals surface area contributed by atoms with Crippen molar-refractivity contribution < 1.29 is 14.1 Å². The monoisotopic (exact) mass is 418 g/mol. The van der Waals surface area contributed by atoms with E-state index in [9.17, 15) is 9.59 Å². The second kappa shape index (κ2) is 8.06. The molecule has 0 aliphatic rings. The van der Waals surface area contributed by atoms with Gasteiger partial charge in [-0.25, -0.2) is 4.68 Å². The summed E-state index contributed by atoms with van der Waals surface area (Å²) in [6.07, 6.45) is 0. The number of nitrogens with one attached hydrogen (secondary N) is 1. The van der Waals surface area contributed by atoms with Crippen molar-refractivity contribution in [1.29, 1.82) is 0 Å². The van der Waals surface area contributed by atoms with Gasteiger partial charge in [0.25, 0.3) is 5.56 Å². The highest BCUT2D eigenvalue weighted by Gasteiger charge is 2.20. The van der Waals surface area contributed by atoms with Crippen molar-refractivity contribution >= 4 is 22.5 Å². The van der Waals surface area contributed by atoms with E-state index in [1.54, 1.807) is 26.2 Å². The number of amides is 1. The first-order chi connectivity index (χ1) is 14.9. The average Bonchev–Trinajstić information content (AvgIpc) is 3.14. The van der Waals surface area contributed by atoms with E-state index in [2.05, 4.69) is 15.6 Å². The Bertz CT molecular complexity index is 1340. The van der Waals surface area contributed by atoms with E-state index in [4.69, 9.17) is 9.26 Å². The first-order valence-corrected chi connectivity index (χ1v) is 9.76. The summed E-state index contributed by atoms with van der Waals surface area (Å²) < 4.78 is 11.6. The Hall–Kier alpha value is -3.94. The highest BCUT2D eigenvalue weighted by Crippen LogP contribution is 2.28. The Morgan fingerprint density at radius 3 is 2.55 bits per heavy atom. The molecule has 8 heteroatoms. The van der Waals surface area contributed by atoms with E-state index in [0.717, 1.165) is 21.4 Å². The van der Waals surface area contributed by atoms with Crippen molar-refractivity contribution in [1.82, 2.24) is 14.9 Å². The van der Waals surface area contributed by atoms with Gasteiger partial charge in [-0.1, -0.05) is 22.9 Å². The van der Waals surface area contributed by atoms with Crippen LogP contribution in [-0.2, 0) is 11.3 Å². The lowest BCUT2D eigenvalue weighted by Crippen LogP contribution is -2.30. The molecule has 0 fully saturated rings. The van der Waals surface area contributed by atoms with Crippen LogP contribution >= 0.6 is 0 Å². The smallest absolute Gasteiger partial charge is 0.297 e. The Morgan fingerprint density at radius 2 is 1.87 bits per heavy atom. The van der Waals surface area contributed by atoms with Gasteiger partial charge < -0.3 is 14.6 Å². The summed E-state index contributed by atoms with van der Waals surface area (Å²) >= 11 is 0. The number of aryl methyl sites for hydroxylation is 3. The van der Waals surface area contributed by atoms with Crippen molar-refractivity contribution in [2.75, 3.05) is 12.4 Å². The molecule has 1 amide bonds. The van der Waals surface area contributed by atoms with E-state index in [1.165, 1.54) is 0 Å². The van der Waals surface area contributed by atoms with Crippen LogP contribution in [-0.4, -0.2) is 28.0 Å². The van der Waals surface area contributed by atoms with Gasteiger partial charge in [0.15, 0.2) is 5.52 Å². The predicted octanol–water partition coefficient (Wildman–Crippen LogP) is 3.62. The zero-order valence-electron chi connectivity index (χ0n) is 17.7. The van der Waals surface area contributed by atoms with Crippen LogP contribution in [0.5, 0.6) is 5.75 Å². The molecular formula is C23H22N4O4. The summed E-state index contributed by atoms with van der Waals surface area (Å²) in [7, 11) is 1.59. The molecule has 1 N–H and O–H groups in total. The molecule has 8 nitrogen and oxygen atoms in total. The number of hydrogen-bond acceptors (Lipinski definition) is 6. The first-order valence-electron chi connectivity index (χ1n) is 9.76. The molecule has 0 radical (unpaired) electrons. The van der Waals surface area contributed by atoms with Gasteiger partial charge in [-0.3, -0.25) is 9.59 Å². The molecule has 4 rings (SSSR count). The number of aromatic nitrogens is 3. The summed E-state index contributed by atoms with van der Waals surface area (Å²) in [6.45, 7) is 5.37. The summed E-state index contributed by atoms with van der Waals surface area (Å²) in [4.78, 5) is 25.6. The summed E-state index contributed by atoms with van der Waals surface area (Å²) in [5.41, 5.74) is 3.64. The van der Waals surface area contributed by atoms with Gasteiger partial charge in [-0.05, 0) is 56.7 Å².